The van der Waals surface area contributed by atoms with E-state index in [1.54, 1.807) is 28.9 Å². The lowest BCUT2D eigenvalue weighted by Crippen LogP contribution is -2.08. The maximum atomic E-state index is 13.3. The van der Waals surface area contributed by atoms with E-state index in [2.05, 4.69) is 0 Å². The second-order valence-corrected chi connectivity index (χ2v) is 6.44. The molecule has 0 saturated heterocycles. The summed E-state index contributed by atoms with van der Waals surface area (Å²) in [7, 11) is 0. The van der Waals surface area contributed by atoms with Crippen molar-refractivity contribution in [3.63, 3.8) is 0 Å². The lowest BCUT2D eigenvalue weighted by molar-refractivity contribution is -0.132. The zero-order valence-electron chi connectivity index (χ0n) is 14.3. The summed E-state index contributed by atoms with van der Waals surface area (Å²) in [5.74, 6) is -0.0993. The van der Waals surface area contributed by atoms with Crippen molar-refractivity contribution in [1.82, 2.24) is 9.78 Å². The van der Waals surface area contributed by atoms with Crippen LogP contribution in [0.1, 0.15) is 31.4 Å². The predicted octanol–water partition coefficient (Wildman–Crippen LogP) is 4.06. The Morgan fingerprint density at radius 2 is 1.81 bits per heavy atom. The van der Waals surface area contributed by atoms with Crippen molar-refractivity contribution in [3.8, 4) is 22.7 Å². The first-order valence-corrected chi connectivity index (χ1v) is 8.46. The summed E-state index contributed by atoms with van der Waals surface area (Å²) in [5, 5.41) is 4.71. The van der Waals surface area contributed by atoms with Crippen LogP contribution in [0, 0.1) is 5.82 Å². The van der Waals surface area contributed by atoms with E-state index in [9.17, 15) is 9.18 Å². The number of hydrogen-bond donors (Lipinski definition) is 1. The normalized spacial score (nSPS) is 13.6. The third-order valence-electron chi connectivity index (χ3n) is 4.35. The number of halogens is 1. The second kappa shape index (κ2) is 6.29. The van der Waals surface area contributed by atoms with Gasteiger partial charge in [-0.05, 0) is 54.8 Å². The highest BCUT2D eigenvalue weighted by atomic mass is 19.1. The van der Waals surface area contributed by atoms with Gasteiger partial charge < -0.3 is 10.5 Å². The molecule has 0 spiro atoms. The number of nitrogen functional groups attached to an aromatic ring is 1. The fourth-order valence-corrected chi connectivity index (χ4v) is 2.97. The van der Waals surface area contributed by atoms with Crippen molar-refractivity contribution in [1.29, 1.82) is 0 Å². The van der Waals surface area contributed by atoms with Crippen molar-refractivity contribution >= 4 is 11.7 Å². The molecule has 0 unspecified atom stereocenters. The maximum absolute atomic E-state index is 13.3. The molecular formula is C20H18FN3O2. The number of anilines is 1. The molecule has 2 N–H and O–H groups in total. The Morgan fingerprint density at radius 3 is 2.38 bits per heavy atom. The Bertz CT molecular complexity index is 958. The van der Waals surface area contributed by atoms with Gasteiger partial charge in [-0.25, -0.2) is 4.39 Å². The Balaban J connectivity index is 1.94. The zero-order valence-corrected chi connectivity index (χ0v) is 14.3. The van der Waals surface area contributed by atoms with Gasteiger partial charge in [0.05, 0.1) is 16.9 Å². The molecular weight excluding hydrogens is 333 g/mol. The minimum atomic E-state index is -0.438. The summed E-state index contributed by atoms with van der Waals surface area (Å²) in [6.07, 6.45) is 2.09. The Hall–Kier alpha value is -3.15. The van der Waals surface area contributed by atoms with E-state index in [-0.39, 0.29) is 5.82 Å². The minimum Gasteiger partial charge on any atom is -0.407 e. The Morgan fingerprint density at radius 1 is 1.15 bits per heavy atom. The van der Waals surface area contributed by atoms with Gasteiger partial charge in [0.15, 0.2) is 0 Å². The van der Waals surface area contributed by atoms with Crippen molar-refractivity contribution in [3.05, 3.63) is 60.0 Å². The van der Waals surface area contributed by atoms with Crippen LogP contribution in [0.3, 0.4) is 0 Å². The molecule has 26 heavy (non-hydrogen) atoms. The van der Waals surface area contributed by atoms with E-state index < -0.39 is 5.97 Å². The highest BCUT2D eigenvalue weighted by Crippen LogP contribution is 2.47. The van der Waals surface area contributed by atoms with Crippen molar-refractivity contribution < 1.29 is 13.9 Å². The summed E-state index contributed by atoms with van der Waals surface area (Å²) in [6.45, 7) is 1.35. The van der Waals surface area contributed by atoms with Crippen molar-refractivity contribution in [2.75, 3.05) is 5.73 Å². The molecule has 0 amide bonds. The van der Waals surface area contributed by atoms with Gasteiger partial charge in [0.25, 0.3) is 0 Å². The van der Waals surface area contributed by atoms with Crippen LogP contribution in [0.5, 0.6) is 5.88 Å². The molecule has 6 heteroatoms. The highest BCUT2D eigenvalue weighted by molar-refractivity contribution is 5.79. The molecule has 4 rings (SSSR count). The summed E-state index contributed by atoms with van der Waals surface area (Å²) >= 11 is 0. The van der Waals surface area contributed by atoms with Gasteiger partial charge in [0, 0.05) is 18.5 Å². The number of esters is 1. The quantitative estimate of drug-likeness (QED) is 0.568. The third-order valence-corrected chi connectivity index (χ3v) is 4.35. The fraction of sp³-hybridized carbons (Fsp3) is 0.200. The van der Waals surface area contributed by atoms with Crippen molar-refractivity contribution in [2.24, 2.45) is 0 Å². The zero-order chi connectivity index (χ0) is 18.3. The average molecular weight is 351 g/mol. The summed E-state index contributed by atoms with van der Waals surface area (Å²) in [5.41, 5.74) is 9.64. The number of ether oxygens (including phenoxy) is 1. The first-order chi connectivity index (χ1) is 12.5. The monoisotopic (exact) mass is 351 g/mol. The molecule has 0 aliphatic heterocycles. The summed E-state index contributed by atoms with van der Waals surface area (Å²) < 4.78 is 20.4. The standard InChI is InChI=1S/C20H18FN3O2/c1-12(25)26-20-18(13-4-8-16(22)9-5-13)19(14-2-3-14)23-24(20)17-10-6-15(21)7-11-17/h4-11,14H,2-3,22H2,1H3. The van der Waals surface area contributed by atoms with Crippen LogP contribution >= 0.6 is 0 Å². The molecule has 132 valence electrons. The van der Waals surface area contributed by atoms with Gasteiger partial charge in [-0.1, -0.05) is 12.1 Å². The van der Waals surface area contributed by atoms with Crippen LogP contribution in [-0.2, 0) is 4.79 Å². The Kier molecular flexibility index (Phi) is 3.95. The van der Waals surface area contributed by atoms with Gasteiger partial charge >= 0.3 is 5.97 Å². The average Bonchev–Trinajstić information content (AvgIpc) is 3.39. The third kappa shape index (κ3) is 3.06. The van der Waals surface area contributed by atoms with E-state index in [1.165, 1.54) is 19.1 Å². The van der Waals surface area contributed by atoms with Crippen LogP contribution in [0.25, 0.3) is 16.8 Å². The van der Waals surface area contributed by atoms with E-state index >= 15 is 0 Å². The smallest absolute Gasteiger partial charge is 0.309 e. The summed E-state index contributed by atoms with van der Waals surface area (Å²) in [6, 6.07) is 13.3. The second-order valence-electron chi connectivity index (χ2n) is 6.44. The molecule has 1 aliphatic rings. The lowest BCUT2D eigenvalue weighted by atomic mass is 10.0. The predicted molar refractivity (Wildman–Crippen MR) is 96.7 cm³/mol. The first-order valence-electron chi connectivity index (χ1n) is 8.46. The highest BCUT2D eigenvalue weighted by Gasteiger charge is 2.34. The van der Waals surface area contributed by atoms with E-state index in [0.717, 1.165) is 29.7 Å². The number of benzene rings is 2. The fourth-order valence-electron chi connectivity index (χ4n) is 2.97. The molecule has 0 atom stereocenters. The molecule has 0 bridgehead atoms. The van der Waals surface area contributed by atoms with E-state index in [4.69, 9.17) is 15.6 Å². The van der Waals surface area contributed by atoms with E-state index in [1.807, 2.05) is 12.1 Å². The molecule has 5 nitrogen and oxygen atoms in total. The topological polar surface area (TPSA) is 70.1 Å². The van der Waals surface area contributed by atoms with E-state index in [0.29, 0.717) is 23.2 Å². The van der Waals surface area contributed by atoms with Crippen LogP contribution < -0.4 is 10.5 Å². The number of carbonyl (C=O) groups is 1. The van der Waals surface area contributed by atoms with Gasteiger partial charge in [0.1, 0.15) is 5.82 Å². The SMILES string of the molecule is CC(=O)Oc1c(-c2ccc(N)cc2)c(C2CC2)nn1-c1ccc(F)cc1. The molecule has 0 radical (unpaired) electrons. The number of aromatic nitrogens is 2. The number of rotatable bonds is 4. The van der Waals surface area contributed by atoms with Crippen LogP contribution in [0.4, 0.5) is 10.1 Å². The number of nitrogens with two attached hydrogens (primary N) is 1. The number of carbonyl (C=O) groups excluding carboxylic acids is 1. The molecule has 1 aromatic heterocycles. The molecule has 1 saturated carbocycles. The molecule has 3 aromatic rings. The van der Waals surface area contributed by atoms with Crippen molar-refractivity contribution in [2.45, 2.75) is 25.7 Å². The van der Waals surface area contributed by atoms with Crippen LogP contribution in [0.15, 0.2) is 48.5 Å². The van der Waals surface area contributed by atoms with Gasteiger partial charge in [-0.3, -0.25) is 4.79 Å². The Labute approximate surface area is 150 Å². The lowest BCUT2D eigenvalue weighted by Gasteiger charge is -2.09. The van der Waals surface area contributed by atoms with Crippen LogP contribution in [0.2, 0.25) is 0 Å². The maximum Gasteiger partial charge on any atom is 0.309 e. The first kappa shape index (κ1) is 16.3. The van der Waals surface area contributed by atoms with Gasteiger partial charge in [-0.2, -0.15) is 9.78 Å². The van der Waals surface area contributed by atoms with Gasteiger partial charge in [-0.15, -0.1) is 0 Å². The molecule has 2 aromatic carbocycles. The molecule has 1 aliphatic carbocycles. The summed E-state index contributed by atoms with van der Waals surface area (Å²) in [4.78, 5) is 11.7. The molecule has 1 fully saturated rings. The minimum absolute atomic E-state index is 0.332. The largest absolute Gasteiger partial charge is 0.407 e. The number of nitrogens with zero attached hydrogens (tertiary/aromatic N) is 2. The molecule has 1 heterocycles. The van der Waals surface area contributed by atoms with Crippen LogP contribution in [-0.4, -0.2) is 15.7 Å². The van der Waals surface area contributed by atoms with Gasteiger partial charge in [0.2, 0.25) is 5.88 Å². The number of hydrogen-bond acceptors (Lipinski definition) is 4.